The van der Waals surface area contributed by atoms with Crippen LogP contribution in [0.3, 0.4) is 0 Å². The van der Waals surface area contributed by atoms with Gasteiger partial charge in [-0.3, -0.25) is 4.79 Å². The molecule has 3 N–H and O–H groups in total. The zero-order valence-corrected chi connectivity index (χ0v) is 12.3. The topological polar surface area (TPSA) is 81.4 Å². The number of rotatable bonds is 6. The quantitative estimate of drug-likeness (QED) is 0.785. The molecule has 19 heavy (non-hydrogen) atoms. The van der Waals surface area contributed by atoms with E-state index in [1.165, 1.54) is 0 Å². The number of hydrogen-bond acceptors (Lipinski definition) is 4. The Morgan fingerprint density at radius 1 is 1.42 bits per heavy atom. The molecule has 0 saturated carbocycles. The molecule has 1 aromatic rings. The molecule has 0 heterocycles. The minimum Gasteiger partial charge on any atom is -0.462 e. The Morgan fingerprint density at radius 2 is 2.16 bits per heavy atom. The Kier molecular flexibility index (Phi) is 6.52. The first-order chi connectivity index (χ1) is 9.08. The van der Waals surface area contributed by atoms with Gasteiger partial charge in [-0.25, -0.2) is 4.79 Å². The Hall–Kier alpha value is -1.40. The monoisotopic (exact) mass is 328 g/mol. The number of carbonyl (C=O) groups excluding carboxylic acids is 2. The minimum absolute atomic E-state index is 0.102. The maximum atomic E-state index is 11.6. The van der Waals surface area contributed by atoms with Gasteiger partial charge in [-0.15, -0.1) is 0 Å². The molecule has 6 heteroatoms. The van der Waals surface area contributed by atoms with Crippen LogP contribution in [0.1, 0.15) is 30.1 Å². The third-order valence-electron chi connectivity index (χ3n) is 2.36. The third kappa shape index (κ3) is 5.00. The van der Waals surface area contributed by atoms with E-state index in [0.717, 1.165) is 0 Å². The number of benzene rings is 1. The molecule has 1 amide bonds. The smallest absolute Gasteiger partial charge is 0.338 e. The maximum absolute atomic E-state index is 11.6. The van der Waals surface area contributed by atoms with Crippen LogP contribution in [0.5, 0.6) is 0 Å². The molecular formula is C13H17BrN2O3. The van der Waals surface area contributed by atoms with Crippen molar-refractivity contribution in [3.8, 4) is 0 Å². The molecule has 0 fully saturated rings. The normalized spacial score (nSPS) is 10.1. The van der Waals surface area contributed by atoms with Crippen LogP contribution in [0.15, 0.2) is 22.7 Å². The van der Waals surface area contributed by atoms with Crippen molar-refractivity contribution in [2.24, 2.45) is 5.73 Å². The molecule has 0 aliphatic carbocycles. The van der Waals surface area contributed by atoms with Crippen molar-refractivity contribution in [3.05, 3.63) is 28.2 Å². The number of carbonyl (C=O) groups is 2. The van der Waals surface area contributed by atoms with E-state index in [0.29, 0.717) is 41.7 Å². The lowest BCUT2D eigenvalue weighted by Crippen LogP contribution is -2.14. The van der Waals surface area contributed by atoms with Crippen molar-refractivity contribution in [1.29, 1.82) is 0 Å². The molecule has 5 nitrogen and oxygen atoms in total. The molecule has 0 atom stereocenters. The van der Waals surface area contributed by atoms with Gasteiger partial charge in [-0.05, 0) is 54.0 Å². The molecule has 0 aliphatic heterocycles. The van der Waals surface area contributed by atoms with Gasteiger partial charge in [0, 0.05) is 10.9 Å². The van der Waals surface area contributed by atoms with Crippen LogP contribution < -0.4 is 11.1 Å². The van der Waals surface area contributed by atoms with E-state index >= 15 is 0 Å². The summed E-state index contributed by atoms with van der Waals surface area (Å²) in [7, 11) is 0. The molecule has 0 unspecified atom stereocenters. The Balaban J connectivity index is 2.72. The lowest BCUT2D eigenvalue weighted by atomic mass is 10.2. The largest absolute Gasteiger partial charge is 0.462 e. The number of esters is 1. The van der Waals surface area contributed by atoms with Gasteiger partial charge in [0.1, 0.15) is 0 Å². The fourth-order valence-electron chi connectivity index (χ4n) is 1.43. The second kappa shape index (κ2) is 7.91. The third-order valence-corrected chi connectivity index (χ3v) is 3.02. The van der Waals surface area contributed by atoms with E-state index in [9.17, 15) is 9.59 Å². The lowest BCUT2D eigenvalue weighted by Gasteiger charge is -2.09. The van der Waals surface area contributed by atoms with Crippen molar-refractivity contribution in [3.63, 3.8) is 0 Å². The highest BCUT2D eigenvalue weighted by Crippen LogP contribution is 2.24. The molecule has 0 radical (unpaired) electrons. The number of nitrogens with two attached hydrogens (primary N) is 1. The number of hydrogen-bond donors (Lipinski definition) is 2. The second-order valence-corrected chi connectivity index (χ2v) is 4.71. The maximum Gasteiger partial charge on any atom is 0.338 e. The molecule has 0 saturated heterocycles. The van der Waals surface area contributed by atoms with E-state index in [4.69, 9.17) is 10.5 Å². The van der Waals surface area contributed by atoms with Gasteiger partial charge in [0.2, 0.25) is 5.91 Å². The summed E-state index contributed by atoms with van der Waals surface area (Å²) in [6, 6.07) is 4.90. The first-order valence-corrected chi connectivity index (χ1v) is 6.84. The van der Waals surface area contributed by atoms with E-state index in [-0.39, 0.29) is 11.9 Å². The van der Waals surface area contributed by atoms with Crippen LogP contribution in [0.2, 0.25) is 0 Å². The summed E-state index contributed by atoms with van der Waals surface area (Å²) in [5.41, 5.74) is 6.40. The van der Waals surface area contributed by atoms with Crippen LogP contribution in [0.4, 0.5) is 5.69 Å². The Morgan fingerprint density at radius 3 is 2.74 bits per heavy atom. The standard InChI is InChI=1S/C13H17BrN2O3/c1-2-19-13(18)9-5-6-11(10(14)8-9)16-12(17)4-3-7-15/h5-6,8H,2-4,7,15H2,1H3,(H,16,17). The summed E-state index contributed by atoms with van der Waals surface area (Å²) in [4.78, 5) is 23.1. The first-order valence-electron chi connectivity index (χ1n) is 6.05. The van der Waals surface area contributed by atoms with Crippen LogP contribution in [0.25, 0.3) is 0 Å². The van der Waals surface area contributed by atoms with Gasteiger partial charge < -0.3 is 15.8 Å². The van der Waals surface area contributed by atoms with Crippen LogP contribution >= 0.6 is 15.9 Å². The van der Waals surface area contributed by atoms with Crippen molar-refractivity contribution in [2.75, 3.05) is 18.5 Å². The zero-order valence-electron chi connectivity index (χ0n) is 10.7. The number of amides is 1. The van der Waals surface area contributed by atoms with Gasteiger partial charge >= 0.3 is 5.97 Å². The van der Waals surface area contributed by atoms with Gasteiger partial charge in [-0.1, -0.05) is 0 Å². The van der Waals surface area contributed by atoms with E-state index in [2.05, 4.69) is 21.2 Å². The van der Waals surface area contributed by atoms with Gasteiger partial charge in [0.05, 0.1) is 17.9 Å². The highest BCUT2D eigenvalue weighted by molar-refractivity contribution is 9.10. The second-order valence-electron chi connectivity index (χ2n) is 3.86. The Bertz CT molecular complexity index is 463. The summed E-state index contributed by atoms with van der Waals surface area (Å²) < 4.78 is 5.53. The number of ether oxygens (including phenoxy) is 1. The number of halogens is 1. The molecule has 0 bridgehead atoms. The minimum atomic E-state index is -0.385. The summed E-state index contributed by atoms with van der Waals surface area (Å²) in [6.45, 7) is 2.56. The highest BCUT2D eigenvalue weighted by atomic mass is 79.9. The molecule has 0 aliphatic rings. The fraction of sp³-hybridized carbons (Fsp3) is 0.385. The fourth-order valence-corrected chi connectivity index (χ4v) is 1.91. The van der Waals surface area contributed by atoms with Crippen molar-refractivity contribution in [2.45, 2.75) is 19.8 Å². The summed E-state index contributed by atoms with van der Waals surface area (Å²) >= 11 is 3.32. The average Bonchev–Trinajstić information content (AvgIpc) is 2.39. The average molecular weight is 329 g/mol. The van der Waals surface area contributed by atoms with E-state index in [1.807, 2.05) is 0 Å². The zero-order chi connectivity index (χ0) is 14.3. The van der Waals surface area contributed by atoms with Crippen LogP contribution in [0, 0.1) is 0 Å². The van der Waals surface area contributed by atoms with Gasteiger partial charge in [-0.2, -0.15) is 0 Å². The summed E-state index contributed by atoms with van der Waals surface area (Å²) in [6.07, 6.45) is 1.02. The van der Waals surface area contributed by atoms with Gasteiger partial charge in [0.25, 0.3) is 0 Å². The summed E-state index contributed by atoms with van der Waals surface area (Å²) in [5.74, 6) is -0.487. The van der Waals surface area contributed by atoms with Crippen LogP contribution in [-0.4, -0.2) is 25.0 Å². The van der Waals surface area contributed by atoms with Gasteiger partial charge in [0.15, 0.2) is 0 Å². The molecule has 1 rings (SSSR count). The number of nitrogens with one attached hydrogen (secondary N) is 1. The lowest BCUT2D eigenvalue weighted by molar-refractivity contribution is -0.116. The first kappa shape index (κ1) is 15.7. The van der Waals surface area contributed by atoms with Crippen molar-refractivity contribution in [1.82, 2.24) is 0 Å². The molecule has 0 spiro atoms. The van der Waals surface area contributed by atoms with E-state index in [1.54, 1.807) is 25.1 Å². The SMILES string of the molecule is CCOC(=O)c1ccc(NC(=O)CCCN)c(Br)c1. The van der Waals surface area contributed by atoms with E-state index < -0.39 is 0 Å². The van der Waals surface area contributed by atoms with Crippen LogP contribution in [-0.2, 0) is 9.53 Å². The number of anilines is 1. The molecule has 0 aromatic heterocycles. The molecule has 1 aromatic carbocycles. The van der Waals surface area contributed by atoms with Crippen molar-refractivity contribution >= 4 is 33.5 Å². The predicted molar refractivity (Wildman–Crippen MR) is 77.0 cm³/mol. The Labute approximate surface area is 120 Å². The van der Waals surface area contributed by atoms with Crippen molar-refractivity contribution < 1.29 is 14.3 Å². The predicted octanol–water partition coefficient (Wildman–Crippen LogP) is 2.30. The molecule has 104 valence electrons. The summed E-state index contributed by atoms with van der Waals surface area (Å²) in [5, 5.41) is 2.75. The highest BCUT2D eigenvalue weighted by Gasteiger charge is 2.10. The molecular weight excluding hydrogens is 312 g/mol.